The zero-order valence-electron chi connectivity index (χ0n) is 53.4. The molecule has 0 heterocycles. The molecule has 0 radical (unpaired) electrons. The molecule has 0 aromatic rings. The highest BCUT2D eigenvalue weighted by molar-refractivity contribution is 7.47. The molecule has 3 N–H and O–H groups in total. The molecular weight excluding hydrogens is 1040 g/mol. The van der Waals surface area contributed by atoms with E-state index in [0.717, 1.165) is 135 Å². The third-order valence-corrected chi connectivity index (χ3v) is 14.3. The number of nitrogens with zero attached hydrogens (tertiary/aromatic N) is 1. The van der Waals surface area contributed by atoms with Gasteiger partial charge in [-0.3, -0.25) is 13.8 Å². The minimum Gasteiger partial charge on any atom is -0.387 e. The SMILES string of the molecule is CC/C=C\C/C=C\C/C=C\C/C=C\C/C=C\C/C=C\C/C=C\C/C=C\C/C=C\C/C=C\C/C=C\C/C=C\CCCCCCC(=O)NC(COP(=O)(O)OCC[N+](C)(C)C)C(O)/C=C/CC/C=C/CC/C=C/CCCCCCCCCCCC. The Hall–Kier alpha value is -4.40. The highest BCUT2D eigenvalue weighted by atomic mass is 31.2. The van der Waals surface area contributed by atoms with Gasteiger partial charge in [0.15, 0.2) is 0 Å². The van der Waals surface area contributed by atoms with E-state index in [4.69, 9.17) is 9.05 Å². The molecule has 3 unspecified atom stereocenters. The van der Waals surface area contributed by atoms with Crippen LogP contribution in [0.3, 0.4) is 0 Å². The van der Waals surface area contributed by atoms with Crippen LogP contribution in [0.4, 0.5) is 0 Å². The number of aliphatic hydroxyl groups is 1. The number of carbonyl (C=O) groups is 1. The van der Waals surface area contributed by atoms with E-state index >= 15 is 0 Å². The van der Waals surface area contributed by atoms with Gasteiger partial charge in [0, 0.05) is 6.42 Å². The smallest absolute Gasteiger partial charge is 0.387 e. The number of phosphoric ester groups is 1. The van der Waals surface area contributed by atoms with Crippen LogP contribution in [-0.4, -0.2) is 73.4 Å². The van der Waals surface area contributed by atoms with Crippen LogP contribution in [0.15, 0.2) is 182 Å². The first-order chi connectivity index (χ1) is 40.5. The van der Waals surface area contributed by atoms with E-state index in [9.17, 15) is 19.4 Å². The normalized spacial score (nSPS) is 14.9. The fourth-order valence-corrected chi connectivity index (χ4v) is 9.02. The Morgan fingerprint density at radius 3 is 1.11 bits per heavy atom. The lowest BCUT2D eigenvalue weighted by atomic mass is 10.1. The highest BCUT2D eigenvalue weighted by Gasteiger charge is 2.27. The molecule has 83 heavy (non-hydrogen) atoms. The number of nitrogens with one attached hydrogen (secondary N) is 1. The average Bonchev–Trinajstić information content (AvgIpc) is 3.49. The molecule has 3 atom stereocenters. The van der Waals surface area contributed by atoms with Crippen LogP contribution in [0.5, 0.6) is 0 Å². The summed E-state index contributed by atoms with van der Waals surface area (Å²) in [6.45, 7) is 4.63. The Morgan fingerprint density at radius 1 is 0.422 bits per heavy atom. The summed E-state index contributed by atoms with van der Waals surface area (Å²) in [5.74, 6) is -0.223. The maximum atomic E-state index is 13.0. The molecular formula is C74H122N2O6P+. The van der Waals surface area contributed by atoms with E-state index in [1.807, 2.05) is 27.2 Å². The zero-order chi connectivity index (χ0) is 60.5. The Bertz CT molecular complexity index is 2000. The van der Waals surface area contributed by atoms with Gasteiger partial charge in [-0.1, -0.05) is 267 Å². The second-order valence-electron chi connectivity index (χ2n) is 22.4. The number of aliphatic hydroxyl groups excluding tert-OH is 1. The molecule has 0 aromatic carbocycles. The molecule has 0 aromatic heterocycles. The second kappa shape index (κ2) is 62.1. The van der Waals surface area contributed by atoms with E-state index in [1.54, 1.807) is 6.08 Å². The lowest BCUT2D eigenvalue weighted by molar-refractivity contribution is -0.870. The molecule has 0 aliphatic heterocycles. The van der Waals surface area contributed by atoms with Crippen LogP contribution in [0, 0.1) is 0 Å². The fraction of sp³-hybridized carbons (Fsp3) is 0.581. The monoisotopic (exact) mass is 1170 g/mol. The van der Waals surface area contributed by atoms with Crippen molar-refractivity contribution in [2.45, 2.75) is 238 Å². The summed E-state index contributed by atoms with van der Waals surface area (Å²) in [4.78, 5) is 23.3. The number of unbranched alkanes of at least 4 members (excludes halogenated alkanes) is 16. The summed E-state index contributed by atoms with van der Waals surface area (Å²) in [7, 11) is 1.50. The average molecular weight is 1170 g/mol. The standard InChI is InChI=1S/C74H121N2O6P/c1-6-8-10-12-14-16-18-20-22-24-26-28-29-30-31-32-33-34-35-36-37-38-39-40-41-42-43-44-45-46-47-48-50-52-54-56-58-60-62-64-66-68-74(78)75-72(71-82-83(79,80)81-70-69-76(3,4)5)73(77)67-65-63-61-59-57-55-53-51-49-27-25-23-21-19-17-15-13-11-9-7-2/h8,10,14,16,20,22,26,28,30-31,33-34,36-37,39-40,42-43,45-46,48-51,54,56-57,59,65,67,72-73,77H,6-7,9,11-13,15,17-19,21,23-25,27,29,32,35,38,41,44,47,52-53,55,58,60-64,66,68-71H2,1-5H3,(H-,75,78,79,80)/p+1/b10-8-,16-14-,22-20-,28-26-,31-30-,34-33-,37-36-,40-39-,43-42-,46-45-,50-48-,51-49+,56-54-,59-57+,67-65+. The van der Waals surface area contributed by atoms with Crippen molar-refractivity contribution in [1.82, 2.24) is 5.32 Å². The lowest BCUT2D eigenvalue weighted by Gasteiger charge is -2.25. The summed E-state index contributed by atoms with van der Waals surface area (Å²) in [5, 5.41) is 13.9. The molecule has 0 bridgehead atoms. The molecule has 468 valence electrons. The minimum atomic E-state index is -4.38. The Kier molecular flexibility index (Phi) is 58.8. The van der Waals surface area contributed by atoms with Crippen LogP contribution in [0.1, 0.15) is 226 Å². The van der Waals surface area contributed by atoms with Crippen molar-refractivity contribution in [3.8, 4) is 0 Å². The van der Waals surface area contributed by atoms with Crippen LogP contribution in [0.25, 0.3) is 0 Å². The van der Waals surface area contributed by atoms with E-state index in [2.05, 4.69) is 189 Å². The van der Waals surface area contributed by atoms with Gasteiger partial charge in [0.25, 0.3) is 0 Å². The number of rotatable bonds is 57. The third-order valence-electron chi connectivity index (χ3n) is 13.3. The van der Waals surface area contributed by atoms with E-state index < -0.39 is 20.0 Å². The number of carbonyl (C=O) groups excluding carboxylic acids is 1. The topological polar surface area (TPSA) is 105 Å². The number of likely N-dealkylation sites (N-methyl/N-ethyl adjacent to an activating group) is 1. The molecule has 0 aliphatic carbocycles. The van der Waals surface area contributed by atoms with Crippen molar-refractivity contribution in [2.75, 3.05) is 40.9 Å². The van der Waals surface area contributed by atoms with E-state index in [1.165, 1.54) is 70.6 Å². The summed E-state index contributed by atoms with van der Waals surface area (Å²) in [6, 6.07) is -0.898. The van der Waals surface area contributed by atoms with Crippen molar-refractivity contribution >= 4 is 13.7 Å². The first kappa shape index (κ1) is 78.6. The molecule has 0 fully saturated rings. The molecule has 0 saturated heterocycles. The molecule has 1 amide bonds. The summed E-state index contributed by atoms with van der Waals surface area (Å²) in [6.07, 6.45) is 100. The predicted octanol–water partition coefficient (Wildman–Crippen LogP) is 20.9. The quantitative estimate of drug-likeness (QED) is 0.0243. The van der Waals surface area contributed by atoms with Crippen LogP contribution < -0.4 is 5.32 Å². The Balaban J connectivity index is 4.28. The second-order valence-corrected chi connectivity index (χ2v) is 23.8. The summed E-state index contributed by atoms with van der Waals surface area (Å²) in [5.41, 5.74) is 0. The Labute approximate surface area is 510 Å². The van der Waals surface area contributed by atoms with Crippen molar-refractivity contribution < 1.29 is 32.9 Å². The van der Waals surface area contributed by atoms with Crippen molar-refractivity contribution in [2.24, 2.45) is 0 Å². The number of allylic oxidation sites excluding steroid dienone is 29. The first-order valence-electron chi connectivity index (χ1n) is 32.7. The van der Waals surface area contributed by atoms with Gasteiger partial charge >= 0.3 is 7.82 Å². The molecule has 0 spiro atoms. The van der Waals surface area contributed by atoms with E-state index in [-0.39, 0.29) is 19.1 Å². The molecule has 9 heteroatoms. The highest BCUT2D eigenvalue weighted by Crippen LogP contribution is 2.43. The van der Waals surface area contributed by atoms with Gasteiger partial charge in [-0.2, -0.15) is 0 Å². The van der Waals surface area contributed by atoms with Gasteiger partial charge in [-0.15, -0.1) is 0 Å². The summed E-state index contributed by atoms with van der Waals surface area (Å²) < 4.78 is 23.7. The van der Waals surface area contributed by atoms with E-state index in [0.29, 0.717) is 17.4 Å². The molecule has 0 rings (SSSR count). The lowest BCUT2D eigenvalue weighted by Crippen LogP contribution is -2.45. The number of phosphoric acid groups is 1. The third kappa shape index (κ3) is 65.0. The van der Waals surface area contributed by atoms with Crippen molar-refractivity contribution in [1.29, 1.82) is 0 Å². The maximum absolute atomic E-state index is 13.0. The Morgan fingerprint density at radius 2 is 0.735 bits per heavy atom. The van der Waals surface area contributed by atoms with Gasteiger partial charge in [-0.25, -0.2) is 4.57 Å². The predicted molar refractivity (Wildman–Crippen MR) is 363 cm³/mol. The van der Waals surface area contributed by atoms with Gasteiger partial charge in [0.2, 0.25) is 5.91 Å². The summed E-state index contributed by atoms with van der Waals surface area (Å²) >= 11 is 0. The van der Waals surface area contributed by atoms with Gasteiger partial charge in [0.1, 0.15) is 13.2 Å². The maximum Gasteiger partial charge on any atom is 0.472 e. The van der Waals surface area contributed by atoms with Gasteiger partial charge in [-0.05, 0) is 135 Å². The number of hydrogen-bond donors (Lipinski definition) is 3. The molecule has 0 saturated carbocycles. The molecule has 8 nitrogen and oxygen atoms in total. The largest absolute Gasteiger partial charge is 0.472 e. The first-order valence-corrected chi connectivity index (χ1v) is 34.2. The number of hydrogen-bond acceptors (Lipinski definition) is 5. The molecule has 0 aliphatic rings. The van der Waals surface area contributed by atoms with Crippen LogP contribution in [-0.2, 0) is 18.4 Å². The van der Waals surface area contributed by atoms with Crippen LogP contribution in [0.2, 0.25) is 0 Å². The van der Waals surface area contributed by atoms with Crippen molar-refractivity contribution in [3.05, 3.63) is 182 Å². The number of quaternary nitrogens is 1. The van der Waals surface area contributed by atoms with Gasteiger partial charge < -0.3 is 19.8 Å². The minimum absolute atomic E-state index is 0.0382. The zero-order valence-corrected chi connectivity index (χ0v) is 54.2. The fourth-order valence-electron chi connectivity index (χ4n) is 8.29. The van der Waals surface area contributed by atoms with Crippen LogP contribution >= 0.6 is 7.82 Å². The number of amides is 1. The van der Waals surface area contributed by atoms with Gasteiger partial charge in [0.05, 0.1) is 39.9 Å². The van der Waals surface area contributed by atoms with Crippen molar-refractivity contribution in [3.63, 3.8) is 0 Å².